The molecular weight excluding hydrogens is 484 g/mol. The molecule has 0 aromatic heterocycles. The normalized spacial score (nSPS) is 33.2. The number of carbonyl (C=O) groups excluding carboxylic acids is 3. The Hall–Kier alpha value is -2.19. The number of hydrogen-bond donors (Lipinski definition) is 1. The smallest absolute Gasteiger partial charge is 0.312 e. The molecule has 0 radical (unpaired) electrons. The molecule has 1 saturated carbocycles. The summed E-state index contributed by atoms with van der Waals surface area (Å²) in [7, 11) is 0. The summed E-state index contributed by atoms with van der Waals surface area (Å²) in [6.45, 7) is 11.8. The first-order chi connectivity index (χ1) is 18.3. The van der Waals surface area contributed by atoms with Crippen LogP contribution in [-0.4, -0.2) is 81.8 Å². The van der Waals surface area contributed by atoms with Gasteiger partial charge in [-0.3, -0.25) is 14.4 Å². The van der Waals surface area contributed by atoms with E-state index in [4.69, 9.17) is 9.47 Å². The second-order valence-corrected chi connectivity index (χ2v) is 11.6. The number of unbranched alkanes of at least 4 members (excludes halogenated alkanes) is 2. The molecule has 3 aliphatic heterocycles. The number of ether oxygens (including phenoxy) is 2. The SMILES string of the molecule is C=CCCCCOC(=O)[C@@H]1[C@H]2C(=O)N([C@H](C)CO)C(C(=O)N(CC=C)C3CCCCC3)C23CC[C@@]1(CC)O3. The Bertz CT molecular complexity index is 916. The number of fused-ring (bicyclic) bond motifs is 1. The van der Waals surface area contributed by atoms with Gasteiger partial charge < -0.3 is 24.4 Å². The fraction of sp³-hybridized carbons (Fsp3) is 0.767. The van der Waals surface area contributed by atoms with Crippen LogP contribution in [-0.2, 0) is 23.9 Å². The van der Waals surface area contributed by atoms with Crippen molar-refractivity contribution in [1.82, 2.24) is 9.80 Å². The number of aliphatic hydroxyl groups is 1. The molecule has 0 aromatic carbocycles. The van der Waals surface area contributed by atoms with Gasteiger partial charge in [-0.15, -0.1) is 13.2 Å². The monoisotopic (exact) mass is 530 g/mol. The average Bonchev–Trinajstić information content (AvgIpc) is 3.54. The third kappa shape index (κ3) is 4.72. The number of rotatable bonds is 13. The molecule has 8 heteroatoms. The van der Waals surface area contributed by atoms with Crippen LogP contribution >= 0.6 is 0 Å². The molecule has 4 aliphatic rings. The highest BCUT2D eigenvalue weighted by molar-refractivity contribution is 5.98. The molecule has 212 valence electrons. The van der Waals surface area contributed by atoms with Crippen molar-refractivity contribution in [3.05, 3.63) is 25.3 Å². The van der Waals surface area contributed by atoms with E-state index >= 15 is 0 Å². The van der Waals surface area contributed by atoms with Crippen LogP contribution < -0.4 is 0 Å². The third-order valence-corrected chi connectivity index (χ3v) is 9.52. The van der Waals surface area contributed by atoms with Crippen molar-refractivity contribution in [2.75, 3.05) is 19.8 Å². The number of allylic oxidation sites excluding steroid dienone is 1. The van der Waals surface area contributed by atoms with E-state index in [1.807, 2.05) is 17.9 Å². The van der Waals surface area contributed by atoms with E-state index in [0.29, 0.717) is 25.8 Å². The molecule has 2 unspecified atom stereocenters. The minimum Gasteiger partial charge on any atom is -0.465 e. The van der Waals surface area contributed by atoms with E-state index in [2.05, 4.69) is 13.2 Å². The van der Waals surface area contributed by atoms with Gasteiger partial charge in [0.2, 0.25) is 11.8 Å². The van der Waals surface area contributed by atoms with Gasteiger partial charge in [0.15, 0.2) is 0 Å². The van der Waals surface area contributed by atoms with E-state index < -0.39 is 41.1 Å². The molecule has 0 aromatic rings. The van der Waals surface area contributed by atoms with Crippen LogP contribution in [0.2, 0.25) is 0 Å². The van der Waals surface area contributed by atoms with Crippen molar-refractivity contribution in [3.8, 4) is 0 Å². The average molecular weight is 531 g/mol. The molecule has 4 rings (SSSR count). The second kappa shape index (κ2) is 11.9. The molecular formula is C30H46N2O6. The lowest BCUT2D eigenvalue weighted by molar-refractivity contribution is -0.164. The van der Waals surface area contributed by atoms with Gasteiger partial charge in [0, 0.05) is 12.6 Å². The Labute approximate surface area is 227 Å². The first-order valence-corrected chi connectivity index (χ1v) is 14.6. The molecule has 1 spiro atoms. The Kier molecular flexibility index (Phi) is 9.03. The highest BCUT2D eigenvalue weighted by Crippen LogP contribution is 2.65. The maximum Gasteiger partial charge on any atom is 0.312 e. The van der Waals surface area contributed by atoms with Crippen LogP contribution in [0.4, 0.5) is 0 Å². The highest BCUT2D eigenvalue weighted by atomic mass is 16.6. The molecule has 2 amide bonds. The Morgan fingerprint density at radius 2 is 1.95 bits per heavy atom. The lowest BCUT2D eigenvalue weighted by Gasteiger charge is -2.42. The maximum absolute atomic E-state index is 14.5. The summed E-state index contributed by atoms with van der Waals surface area (Å²) < 4.78 is 12.5. The first-order valence-electron chi connectivity index (χ1n) is 14.6. The van der Waals surface area contributed by atoms with Gasteiger partial charge in [-0.25, -0.2) is 0 Å². The summed E-state index contributed by atoms with van der Waals surface area (Å²) in [6.07, 6.45) is 12.9. The van der Waals surface area contributed by atoms with Crippen LogP contribution in [0.25, 0.3) is 0 Å². The highest BCUT2D eigenvalue weighted by Gasteiger charge is 2.79. The molecule has 2 bridgehead atoms. The van der Waals surface area contributed by atoms with E-state index in [0.717, 1.165) is 51.4 Å². The molecule has 8 nitrogen and oxygen atoms in total. The first kappa shape index (κ1) is 28.8. The zero-order valence-corrected chi connectivity index (χ0v) is 23.2. The summed E-state index contributed by atoms with van der Waals surface area (Å²) >= 11 is 0. The van der Waals surface area contributed by atoms with E-state index in [9.17, 15) is 19.5 Å². The lowest BCUT2D eigenvalue weighted by Crippen LogP contribution is -2.60. The zero-order chi connectivity index (χ0) is 27.5. The Morgan fingerprint density at radius 1 is 1.21 bits per heavy atom. The maximum atomic E-state index is 14.5. The number of aliphatic hydroxyl groups excluding tert-OH is 1. The third-order valence-electron chi connectivity index (χ3n) is 9.52. The van der Waals surface area contributed by atoms with Gasteiger partial charge in [-0.05, 0) is 58.3 Å². The van der Waals surface area contributed by atoms with Crippen LogP contribution in [0.5, 0.6) is 0 Å². The fourth-order valence-electron chi connectivity index (χ4n) is 7.62. The standard InChI is InChI=1S/C30H46N2O6/c1-5-8-9-13-19-37-28(36)24-23-26(34)32(21(4)20-33)25(30(23)17-16-29(24,7-3)38-30)27(35)31(18-6-2)22-14-11-10-12-15-22/h5-6,21-25,33H,1-2,7-20H2,3-4H3/t21-,23+,24+,25?,29-,30?/m1/s1. The van der Waals surface area contributed by atoms with Crippen molar-refractivity contribution in [3.63, 3.8) is 0 Å². The number of esters is 1. The summed E-state index contributed by atoms with van der Waals surface area (Å²) in [6, 6.07) is -1.38. The van der Waals surface area contributed by atoms with Gasteiger partial charge >= 0.3 is 5.97 Å². The summed E-state index contributed by atoms with van der Waals surface area (Å²) in [5.41, 5.74) is -1.92. The number of nitrogens with zero attached hydrogens (tertiary/aromatic N) is 2. The number of carbonyl (C=O) groups is 3. The van der Waals surface area contributed by atoms with Gasteiger partial charge in [-0.1, -0.05) is 38.3 Å². The topological polar surface area (TPSA) is 96.4 Å². The molecule has 1 N–H and O–H groups in total. The predicted octanol–water partition coefficient (Wildman–Crippen LogP) is 3.77. The van der Waals surface area contributed by atoms with E-state index in [1.165, 1.54) is 4.90 Å². The molecule has 3 saturated heterocycles. The Morgan fingerprint density at radius 3 is 2.58 bits per heavy atom. The van der Waals surface area contributed by atoms with Crippen LogP contribution in [0, 0.1) is 11.8 Å². The number of amides is 2. The Balaban J connectivity index is 1.69. The molecule has 6 atom stereocenters. The van der Waals surface area contributed by atoms with Crippen LogP contribution in [0.15, 0.2) is 25.3 Å². The summed E-state index contributed by atoms with van der Waals surface area (Å²) in [4.78, 5) is 45.6. The van der Waals surface area contributed by atoms with Gasteiger partial charge in [0.05, 0.1) is 30.8 Å². The van der Waals surface area contributed by atoms with E-state index in [1.54, 1.807) is 13.0 Å². The van der Waals surface area contributed by atoms with Gasteiger partial charge in [0.1, 0.15) is 17.6 Å². The van der Waals surface area contributed by atoms with Gasteiger partial charge in [-0.2, -0.15) is 0 Å². The quantitative estimate of drug-likeness (QED) is 0.221. The fourth-order valence-corrected chi connectivity index (χ4v) is 7.62. The minimum atomic E-state index is -1.10. The number of hydrogen-bond acceptors (Lipinski definition) is 6. The zero-order valence-electron chi connectivity index (χ0n) is 23.2. The van der Waals surface area contributed by atoms with Crippen molar-refractivity contribution in [1.29, 1.82) is 0 Å². The second-order valence-electron chi connectivity index (χ2n) is 11.6. The van der Waals surface area contributed by atoms with E-state index in [-0.39, 0.29) is 31.1 Å². The molecule has 3 heterocycles. The largest absolute Gasteiger partial charge is 0.465 e. The number of likely N-dealkylation sites (tertiary alicyclic amines) is 1. The molecule has 4 fully saturated rings. The van der Waals surface area contributed by atoms with Crippen molar-refractivity contribution < 1.29 is 29.0 Å². The predicted molar refractivity (Wildman–Crippen MR) is 144 cm³/mol. The van der Waals surface area contributed by atoms with Crippen molar-refractivity contribution in [2.24, 2.45) is 11.8 Å². The summed E-state index contributed by atoms with van der Waals surface area (Å²) in [5, 5.41) is 10.1. The van der Waals surface area contributed by atoms with Crippen molar-refractivity contribution >= 4 is 17.8 Å². The van der Waals surface area contributed by atoms with Crippen LogP contribution in [0.3, 0.4) is 0 Å². The lowest BCUT2D eigenvalue weighted by atomic mass is 9.65. The van der Waals surface area contributed by atoms with Gasteiger partial charge in [0.25, 0.3) is 0 Å². The molecule has 38 heavy (non-hydrogen) atoms. The summed E-state index contributed by atoms with van der Waals surface area (Å²) in [5.74, 6) is -2.40. The van der Waals surface area contributed by atoms with Crippen LogP contribution in [0.1, 0.15) is 84.5 Å². The molecule has 1 aliphatic carbocycles. The minimum absolute atomic E-state index is 0.0844. The van der Waals surface area contributed by atoms with Crippen molar-refractivity contribution in [2.45, 2.75) is 114 Å².